The van der Waals surface area contributed by atoms with Crippen LogP contribution in [-0.4, -0.2) is 48.9 Å². The quantitative estimate of drug-likeness (QED) is 0.847. The Balaban J connectivity index is 1.90. The molecule has 0 aliphatic carbocycles. The second-order valence-electron chi connectivity index (χ2n) is 5.08. The van der Waals surface area contributed by atoms with Crippen molar-refractivity contribution in [1.29, 1.82) is 0 Å². The van der Waals surface area contributed by atoms with Gasteiger partial charge in [-0.3, -0.25) is 9.59 Å². The van der Waals surface area contributed by atoms with Gasteiger partial charge in [0.1, 0.15) is 6.04 Å². The molecule has 1 aromatic heterocycles. The molecule has 1 aliphatic rings. The number of rotatable bonds is 4. The maximum absolute atomic E-state index is 12.3. The minimum Gasteiger partial charge on any atom is -0.459 e. The van der Waals surface area contributed by atoms with Crippen LogP contribution in [0.4, 0.5) is 0 Å². The Labute approximate surface area is 118 Å². The Morgan fingerprint density at radius 2 is 2.30 bits per heavy atom. The van der Waals surface area contributed by atoms with Gasteiger partial charge in [0.25, 0.3) is 5.91 Å². The summed E-state index contributed by atoms with van der Waals surface area (Å²) in [6.07, 6.45) is 3.49. The summed E-state index contributed by atoms with van der Waals surface area (Å²) in [4.78, 5) is 26.0. The van der Waals surface area contributed by atoms with Crippen molar-refractivity contribution >= 4 is 11.8 Å². The van der Waals surface area contributed by atoms with Crippen molar-refractivity contribution in [3.8, 4) is 0 Å². The van der Waals surface area contributed by atoms with Crippen LogP contribution in [0, 0.1) is 0 Å². The monoisotopic (exact) mass is 279 g/mol. The van der Waals surface area contributed by atoms with Gasteiger partial charge in [0.2, 0.25) is 5.91 Å². The molecule has 2 unspecified atom stereocenters. The third-order valence-electron chi connectivity index (χ3n) is 3.60. The number of carbonyl (C=O) groups is 2. The summed E-state index contributed by atoms with van der Waals surface area (Å²) in [6.45, 7) is 3.14. The molecular formula is C14H21N3O3. The molecule has 0 radical (unpaired) electrons. The predicted octanol–water partition coefficient (Wildman–Crippen LogP) is 0.608. The first-order valence-electron chi connectivity index (χ1n) is 6.92. The Morgan fingerprint density at radius 3 is 2.95 bits per heavy atom. The lowest BCUT2D eigenvalue weighted by Gasteiger charge is -2.34. The van der Waals surface area contributed by atoms with E-state index in [2.05, 4.69) is 10.6 Å². The minimum absolute atomic E-state index is 0.0511. The van der Waals surface area contributed by atoms with Crippen LogP contribution in [0.2, 0.25) is 0 Å². The van der Waals surface area contributed by atoms with Crippen LogP contribution < -0.4 is 10.6 Å². The molecule has 2 amide bonds. The van der Waals surface area contributed by atoms with Gasteiger partial charge in [-0.25, -0.2) is 0 Å². The fourth-order valence-corrected chi connectivity index (χ4v) is 2.42. The van der Waals surface area contributed by atoms with Crippen molar-refractivity contribution in [3.05, 3.63) is 24.2 Å². The van der Waals surface area contributed by atoms with Crippen LogP contribution in [-0.2, 0) is 4.79 Å². The van der Waals surface area contributed by atoms with Gasteiger partial charge in [-0.05, 0) is 38.9 Å². The molecule has 110 valence electrons. The van der Waals surface area contributed by atoms with Gasteiger partial charge in [-0.2, -0.15) is 0 Å². The lowest BCUT2D eigenvalue weighted by molar-refractivity contribution is -0.134. The number of amides is 2. The molecular weight excluding hydrogens is 258 g/mol. The third kappa shape index (κ3) is 3.39. The Kier molecular flexibility index (Phi) is 4.79. The van der Waals surface area contributed by atoms with Crippen molar-refractivity contribution in [2.75, 3.05) is 20.1 Å². The highest BCUT2D eigenvalue weighted by atomic mass is 16.3. The van der Waals surface area contributed by atoms with Crippen molar-refractivity contribution < 1.29 is 14.0 Å². The summed E-state index contributed by atoms with van der Waals surface area (Å²) >= 11 is 0. The van der Waals surface area contributed by atoms with E-state index >= 15 is 0 Å². The van der Waals surface area contributed by atoms with Crippen molar-refractivity contribution in [2.24, 2.45) is 0 Å². The lowest BCUT2D eigenvalue weighted by atomic mass is 10.1. The molecule has 6 nitrogen and oxygen atoms in total. The van der Waals surface area contributed by atoms with E-state index in [0.717, 1.165) is 19.4 Å². The van der Waals surface area contributed by atoms with Gasteiger partial charge in [0.15, 0.2) is 5.76 Å². The van der Waals surface area contributed by atoms with E-state index in [1.807, 2.05) is 7.05 Å². The van der Waals surface area contributed by atoms with Gasteiger partial charge >= 0.3 is 0 Å². The molecule has 0 saturated carbocycles. The van der Waals surface area contributed by atoms with E-state index in [1.54, 1.807) is 24.0 Å². The minimum atomic E-state index is -0.553. The summed E-state index contributed by atoms with van der Waals surface area (Å²) < 4.78 is 5.01. The maximum atomic E-state index is 12.3. The second kappa shape index (κ2) is 6.56. The van der Waals surface area contributed by atoms with Crippen LogP contribution in [0.1, 0.15) is 30.3 Å². The van der Waals surface area contributed by atoms with Crippen molar-refractivity contribution in [3.63, 3.8) is 0 Å². The number of furan rings is 1. The molecule has 2 rings (SSSR count). The molecule has 1 fully saturated rings. The van der Waals surface area contributed by atoms with Gasteiger partial charge in [0.05, 0.1) is 6.26 Å². The van der Waals surface area contributed by atoms with E-state index in [0.29, 0.717) is 12.6 Å². The second-order valence-corrected chi connectivity index (χ2v) is 5.08. The highest BCUT2D eigenvalue weighted by Crippen LogP contribution is 2.11. The van der Waals surface area contributed by atoms with Crippen molar-refractivity contribution in [2.45, 2.75) is 31.8 Å². The van der Waals surface area contributed by atoms with Crippen molar-refractivity contribution in [1.82, 2.24) is 15.5 Å². The lowest BCUT2D eigenvalue weighted by Crippen LogP contribution is -2.53. The molecule has 0 aromatic carbocycles. The first kappa shape index (κ1) is 14.6. The van der Waals surface area contributed by atoms with Crippen LogP contribution in [0.3, 0.4) is 0 Å². The highest BCUT2D eigenvalue weighted by molar-refractivity contribution is 5.95. The van der Waals surface area contributed by atoms with Crippen LogP contribution in [0.25, 0.3) is 0 Å². The molecule has 0 spiro atoms. The normalized spacial score (nSPS) is 20.5. The molecule has 1 aromatic rings. The number of nitrogens with zero attached hydrogens (tertiary/aromatic N) is 1. The first-order valence-corrected chi connectivity index (χ1v) is 6.92. The fraction of sp³-hybridized carbons (Fsp3) is 0.571. The summed E-state index contributed by atoms with van der Waals surface area (Å²) in [7, 11) is 1.90. The molecule has 6 heteroatoms. The van der Waals surface area contributed by atoms with Crippen LogP contribution in [0.5, 0.6) is 0 Å². The predicted molar refractivity (Wildman–Crippen MR) is 74.3 cm³/mol. The number of carbonyl (C=O) groups excluding carboxylic acids is 2. The van der Waals surface area contributed by atoms with Gasteiger partial charge in [-0.15, -0.1) is 0 Å². The zero-order valence-electron chi connectivity index (χ0n) is 11.9. The third-order valence-corrected chi connectivity index (χ3v) is 3.60. The molecule has 0 bridgehead atoms. The molecule has 2 atom stereocenters. The summed E-state index contributed by atoms with van der Waals surface area (Å²) in [5.41, 5.74) is 0. The van der Waals surface area contributed by atoms with Gasteiger partial charge < -0.3 is 20.0 Å². The van der Waals surface area contributed by atoms with Gasteiger partial charge in [0, 0.05) is 19.1 Å². The molecule has 1 aliphatic heterocycles. The molecule has 20 heavy (non-hydrogen) atoms. The van der Waals surface area contributed by atoms with E-state index in [9.17, 15) is 9.59 Å². The molecule has 1 saturated heterocycles. The molecule has 2 heterocycles. The fourth-order valence-electron chi connectivity index (χ4n) is 2.42. The average Bonchev–Trinajstić information content (AvgIpc) is 3.00. The SMILES string of the molecule is CNC1CCCN(C(=O)C(C)NC(=O)c2ccco2)C1. The smallest absolute Gasteiger partial charge is 0.287 e. The van der Waals surface area contributed by atoms with Gasteiger partial charge in [-0.1, -0.05) is 0 Å². The average molecular weight is 279 g/mol. The van der Waals surface area contributed by atoms with Crippen LogP contribution >= 0.6 is 0 Å². The van der Waals surface area contributed by atoms with E-state index in [-0.39, 0.29) is 17.6 Å². The topological polar surface area (TPSA) is 74.6 Å². The Bertz CT molecular complexity index is 458. The largest absolute Gasteiger partial charge is 0.459 e. The highest BCUT2D eigenvalue weighted by Gasteiger charge is 2.27. The number of hydrogen-bond acceptors (Lipinski definition) is 4. The number of likely N-dealkylation sites (N-methyl/N-ethyl adjacent to an activating group) is 1. The summed E-state index contributed by atoms with van der Waals surface area (Å²) in [5, 5.41) is 5.86. The zero-order chi connectivity index (χ0) is 14.5. The number of hydrogen-bond donors (Lipinski definition) is 2. The zero-order valence-corrected chi connectivity index (χ0v) is 11.9. The van der Waals surface area contributed by atoms with E-state index < -0.39 is 6.04 Å². The maximum Gasteiger partial charge on any atom is 0.287 e. The van der Waals surface area contributed by atoms with Crippen LogP contribution in [0.15, 0.2) is 22.8 Å². The van der Waals surface area contributed by atoms with E-state index in [4.69, 9.17) is 4.42 Å². The standard InChI is InChI=1S/C14H21N3O3/c1-10(16-13(18)12-6-4-8-20-12)14(19)17-7-3-5-11(9-17)15-2/h4,6,8,10-11,15H,3,5,7,9H2,1-2H3,(H,16,18). The Morgan fingerprint density at radius 1 is 1.50 bits per heavy atom. The number of piperidine rings is 1. The first-order chi connectivity index (χ1) is 9.61. The number of likely N-dealkylation sites (tertiary alicyclic amines) is 1. The van der Waals surface area contributed by atoms with E-state index in [1.165, 1.54) is 6.26 Å². The number of nitrogens with one attached hydrogen (secondary N) is 2. The molecule has 2 N–H and O–H groups in total. The Hall–Kier alpha value is -1.82. The summed E-state index contributed by atoms with van der Waals surface area (Å²) in [5.74, 6) is -0.195. The summed E-state index contributed by atoms with van der Waals surface area (Å²) in [6, 6.07) is 3.00.